The van der Waals surface area contributed by atoms with Crippen molar-refractivity contribution in [3.8, 4) is 0 Å². The van der Waals surface area contributed by atoms with Crippen LogP contribution in [0.25, 0.3) is 0 Å². The lowest BCUT2D eigenvalue weighted by Crippen LogP contribution is -2.28. The van der Waals surface area contributed by atoms with Crippen LogP contribution in [0, 0.1) is 0 Å². The molecule has 14 heavy (non-hydrogen) atoms. The van der Waals surface area contributed by atoms with E-state index < -0.39 is 8.13 Å². The van der Waals surface area contributed by atoms with Gasteiger partial charge in [-0.25, -0.2) is 0 Å². The Hall–Kier alpha value is 0.470. The van der Waals surface area contributed by atoms with Crippen LogP contribution in [0.3, 0.4) is 0 Å². The van der Waals surface area contributed by atoms with Crippen molar-refractivity contribution in [2.24, 2.45) is 0 Å². The highest BCUT2D eigenvalue weighted by Crippen LogP contribution is 2.52. The molecule has 6 heteroatoms. The molecule has 0 saturated carbocycles. The summed E-state index contributed by atoms with van der Waals surface area (Å²) in [5, 5.41) is 0. The summed E-state index contributed by atoms with van der Waals surface area (Å²) >= 11 is 28.8. The molecule has 0 bridgehead atoms. The molecule has 0 spiro atoms. The van der Waals surface area contributed by atoms with Crippen LogP contribution in [0.15, 0.2) is 24.3 Å². The van der Waals surface area contributed by atoms with E-state index in [-0.39, 0.29) is 0 Å². The van der Waals surface area contributed by atoms with Crippen molar-refractivity contribution < 1.29 is 0 Å². The molecule has 0 aliphatic rings. The first-order valence-corrected chi connectivity index (χ1v) is 5.44. The van der Waals surface area contributed by atoms with Crippen molar-refractivity contribution in [2.45, 2.75) is 8.13 Å². The molecular weight excluding hydrogens is 287 g/mol. The second-order valence-corrected chi connectivity index (χ2v) is 6.31. The van der Waals surface area contributed by atoms with Crippen molar-refractivity contribution >= 4 is 63.7 Å². The van der Waals surface area contributed by atoms with Crippen molar-refractivity contribution in [1.82, 2.24) is 0 Å². The summed E-state index contributed by atoms with van der Waals surface area (Å²) in [6, 6.07) is 6.56. The summed E-state index contributed by atoms with van der Waals surface area (Å²) in [6.07, 6.45) is 0. The number of nitrogen functional groups attached to an aromatic ring is 1. The van der Waals surface area contributed by atoms with Crippen LogP contribution in [-0.4, -0.2) is 3.79 Å². The minimum Gasteiger partial charge on any atom is -0.399 e. The molecule has 0 heterocycles. The lowest BCUT2D eigenvalue weighted by molar-refractivity contribution is 0.878. The van der Waals surface area contributed by atoms with Gasteiger partial charge in [0.15, 0.2) is 4.33 Å². The largest absolute Gasteiger partial charge is 0.399 e. The standard InChI is InChI=1S/C8H6Cl5N/c9-7(10,8(11,12)13)5-2-1-3-6(14)4-5/h1-4H,14H2. The number of rotatable bonds is 1. The van der Waals surface area contributed by atoms with Gasteiger partial charge in [-0.15, -0.1) is 0 Å². The minimum absolute atomic E-state index is 0.445. The van der Waals surface area contributed by atoms with E-state index in [9.17, 15) is 0 Å². The van der Waals surface area contributed by atoms with Crippen molar-refractivity contribution in [3.05, 3.63) is 29.8 Å². The van der Waals surface area contributed by atoms with E-state index in [4.69, 9.17) is 63.7 Å². The maximum atomic E-state index is 5.92. The van der Waals surface area contributed by atoms with Crippen LogP contribution in [0.4, 0.5) is 5.69 Å². The Morgan fingerprint density at radius 1 is 1.00 bits per heavy atom. The smallest absolute Gasteiger partial charge is 0.227 e. The number of halogens is 5. The summed E-state index contributed by atoms with van der Waals surface area (Å²) in [4.78, 5) is 0. The first kappa shape index (κ1) is 12.5. The molecule has 0 unspecified atom stereocenters. The highest BCUT2D eigenvalue weighted by Gasteiger charge is 2.47. The molecule has 0 aliphatic heterocycles. The van der Waals surface area contributed by atoms with Gasteiger partial charge in [0, 0.05) is 5.69 Å². The monoisotopic (exact) mass is 291 g/mol. The number of alkyl halides is 5. The van der Waals surface area contributed by atoms with Crippen molar-refractivity contribution in [1.29, 1.82) is 0 Å². The topological polar surface area (TPSA) is 26.0 Å². The van der Waals surface area contributed by atoms with Gasteiger partial charge in [-0.1, -0.05) is 70.1 Å². The van der Waals surface area contributed by atoms with Gasteiger partial charge in [-0.05, 0) is 17.7 Å². The molecule has 1 aromatic carbocycles. The molecule has 0 amide bonds. The van der Waals surface area contributed by atoms with Crippen LogP contribution in [0.1, 0.15) is 5.56 Å². The number of benzene rings is 1. The zero-order chi connectivity index (χ0) is 11.0. The highest BCUT2D eigenvalue weighted by molar-refractivity contribution is 6.75. The Bertz CT molecular complexity index is 331. The van der Waals surface area contributed by atoms with E-state index in [1.54, 1.807) is 24.3 Å². The summed E-state index contributed by atoms with van der Waals surface area (Å²) in [7, 11) is 0. The predicted octanol–water partition coefficient (Wildman–Crippen LogP) is 4.27. The quantitative estimate of drug-likeness (QED) is 0.607. The van der Waals surface area contributed by atoms with Crippen LogP contribution >= 0.6 is 58.0 Å². The molecule has 0 atom stereocenters. The Morgan fingerprint density at radius 2 is 1.57 bits per heavy atom. The van der Waals surface area contributed by atoms with Crippen LogP contribution in [0.2, 0.25) is 0 Å². The maximum absolute atomic E-state index is 5.92. The Labute approximate surface area is 107 Å². The number of nitrogens with two attached hydrogens (primary N) is 1. The van der Waals surface area contributed by atoms with Gasteiger partial charge >= 0.3 is 0 Å². The van der Waals surface area contributed by atoms with E-state index in [0.29, 0.717) is 11.3 Å². The fourth-order valence-corrected chi connectivity index (χ4v) is 1.46. The van der Waals surface area contributed by atoms with E-state index in [2.05, 4.69) is 0 Å². The number of hydrogen-bond acceptors (Lipinski definition) is 1. The van der Waals surface area contributed by atoms with Gasteiger partial charge in [0.05, 0.1) is 0 Å². The van der Waals surface area contributed by atoms with Gasteiger partial charge in [0.2, 0.25) is 3.79 Å². The van der Waals surface area contributed by atoms with Crippen molar-refractivity contribution in [3.63, 3.8) is 0 Å². The second-order valence-electron chi connectivity index (χ2n) is 2.70. The molecule has 1 rings (SSSR count). The van der Waals surface area contributed by atoms with E-state index in [0.717, 1.165) is 0 Å². The lowest BCUT2D eigenvalue weighted by Gasteiger charge is -2.27. The van der Waals surface area contributed by atoms with Gasteiger partial charge in [-0.2, -0.15) is 0 Å². The minimum atomic E-state index is -1.82. The van der Waals surface area contributed by atoms with E-state index >= 15 is 0 Å². The first-order valence-electron chi connectivity index (χ1n) is 3.55. The average Bonchev–Trinajstić information content (AvgIpc) is 2.02. The molecular formula is C8H6Cl5N. The van der Waals surface area contributed by atoms with E-state index in [1.807, 2.05) is 0 Å². The van der Waals surface area contributed by atoms with Gasteiger partial charge in [-0.3, -0.25) is 0 Å². The molecule has 2 N–H and O–H groups in total. The molecule has 0 aliphatic carbocycles. The van der Waals surface area contributed by atoms with Crippen molar-refractivity contribution in [2.75, 3.05) is 5.73 Å². The molecule has 1 aromatic rings. The molecule has 0 saturated heterocycles. The Balaban J connectivity index is 3.16. The van der Waals surface area contributed by atoms with Crippen LogP contribution < -0.4 is 5.73 Å². The van der Waals surface area contributed by atoms with Gasteiger partial charge in [0.25, 0.3) is 0 Å². The summed E-state index contributed by atoms with van der Waals surface area (Å²) in [5.74, 6) is 0. The first-order chi connectivity index (χ1) is 6.25. The summed E-state index contributed by atoms with van der Waals surface area (Å²) in [5.41, 5.74) is 6.50. The Kier molecular flexibility index (Phi) is 3.72. The van der Waals surface area contributed by atoms with Crippen LogP contribution in [0.5, 0.6) is 0 Å². The fourth-order valence-electron chi connectivity index (χ4n) is 0.898. The third-order valence-corrected chi connectivity index (χ3v) is 4.04. The molecule has 0 fully saturated rings. The normalized spacial score (nSPS) is 12.9. The molecule has 78 valence electrons. The third kappa shape index (κ3) is 2.53. The second kappa shape index (κ2) is 4.15. The average molecular weight is 293 g/mol. The summed E-state index contributed by atoms with van der Waals surface area (Å²) in [6.45, 7) is 0. The summed E-state index contributed by atoms with van der Waals surface area (Å²) < 4.78 is -3.43. The maximum Gasteiger partial charge on any atom is 0.227 e. The third-order valence-electron chi connectivity index (χ3n) is 1.61. The Morgan fingerprint density at radius 3 is 2.00 bits per heavy atom. The lowest BCUT2D eigenvalue weighted by atomic mass is 10.1. The SMILES string of the molecule is Nc1cccc(C(Cl)(Cl)C(Cl)(Cl)Cl)c1. The predicted molar refractivity (Wildman–Crippen MR) is 64.5 cm³/mol. The fraction of sp³-hybridized carbons (Fsp3) is 0.250. The van der Waals surface area contributed by atoms with E-state index in [1.165, 1.54) is 0 Å². The van der Waals surface area contributed by atoms with Crippen LogP contribution in [-0.2, 0) is 4.33 Å². The molecule has 0 radical (unpaired) electrons. The zero-order valence-corrected chi connectivity index (χ0v) is 10.6. The molecule has 0 aromatic heterocycles. The molecule has 1 nitrogen and oxygen atoms in total. The number of hydrogen-bond donors (Lipinski definition) is 1. The highest BCUT2D eigenvalue weighted by atomic mass is 35.6. The zero-order valence-electron chi connectivity index (χ0n) is 6.78. The van der Waals surface area contributed by atoms with Gasteiger partial charge < -0.3 is 5.73 Å². The number of anilines is 1. The van der Waals surface area contributed by atoms with Gasteiger partial charge in [0.1, 0.15) is 0 Å².